The molecule has 0 radical (unpaired) electrons. The van der Waals surface area contributed by atoms with Crippen LogP contribution in [-0.4, -0.2) is 45.0 Å². The molecule has 0 aliphatic heterocycles. The summed E-state index contributed by atoms with van der Waals surface area (Å²) in [5.41, 5.74) is -0.377. The lowest BCUT2D eigenvalue weighted by Gasteiger charge is -2.19. The maximum Gasteiger partial charge on any atom is 0.334 e. The minimum Gasteiger partial charge on any atom is -0.479 e. The van der Waals surface area contributed by atoms with Crippen LogP contribution in [0.2, 0.25) is 0 Å². The normalized spacial score (nSPS) is 14.8. The molecule has 1 atom stereocenters. The summed E-state index contributed by atoms with van der Waals surface area (Å²) in [4.78, 5) is 10.6. The first-order valence-electron chi connectivity index (χ1n) is 4.80. The number of aliphatic carboxylic acids is 1. The van der Waals surface area contributed by atoms with Crippen molar-refractivity contribution in [2.75, 3.05) is 19.4 Å². The number of carboxylic acid groups (broad SMARTS) is 1. The number of sulfonamides is 1. The molecule has 0 rings (SSSR count). The Bertz CT molecular complexity index is 330. The molecule has 0 aromatic heterocycles. The van der Waals surface area contributed by atoms with Crippen LogP contribution in [-0.2, 0) is 19.6 Å². The third-order valence-corrected chi connectivity index (χ3v) is 3.52. The van der Waals surface area contributed by atoms with Gasteiger partial charge in [0.25, 0.3) is 0 Å². The summed E-state index contributed by atoms with van der Waals surface area (Å²) in [5, 5.41) is 8.64. The van der Waals surface area contributed by atoms with Crippen molar-refractivity contribution >= 4 is 16.0 Å². The molecule has 0 saturated carbocycles. The second-order valence-corrected chi connectivity index (χ2v) is 6.54. The van der Waals surface area contributed by atoms with Gasteiger partial charge in [-0.05, 0) is 5.41 Å². The van der Waals surface area contributed by atoms with Gasteiger partial charge in [-0.1, -0.05) is 20.8 Å². The summed E-state index contributed by atoms with van der Waals surface area (Å²) in [6.45, 7) is 5.11. The molecular formula is C9H19NO5S. The minimum atomic E-state index is -3.47. The van der Waals surface area contributed by atoms with Crippen LogP contribution in [0.25, 0.3) is 0 Å². The van der Waals surface area contributed by atoms with Crippen LogP contribution < -0.4 is 4.72 Å². The van der Waals surface area contributed by atoms with Gasteiger partial charge in [0.1, 0.15) is 0 Å². The zero-order chi connectivity index (χ0) is 13.0. The quantitative estimate of drug-likeness (QED) is 0.698. The molecule has 0 amide bonds. The van der Waals surface area contributed by atoms with Crippen molar-refractivity contribution in [3.63, 3.8) is 0 Å². The van der Waals surface area contributed by atoms with E-state index in [4.69, 9.17) is 5.11 Å². The summed E-state index contributed by atoms with van der Waals surface area (Å²) < 4.78 is 29.9. The second-order valence-electron chi connectivity index (χ2n) is 4.73. The lowest BCUT2D eigenvalue weighted by Crippen LogP contribution is -2.40. The zero-order valence-corrected chi connectivity index (χ0v) is 10.8. The Kier molecular flexibility index (Phi) is 5.37. The molecule has 0 aliphatic rings. The van der Waals surface area contributed by atoms with Gasteiger partial charge < -0.3 is 9.84 Å². The third-order valence-electron chi connectivity index (χ3n) is 1.67. The van der Waals surface area contributed by atoms with Crippen molar-refractivity contribution < 1.29 is 23.1 Å². The van der Waals surface area contributed by atoms with E-state index < -0.39 is 22.1 Å². The third kappa shape index (κ3) is 6.76. The molecule has 0 heterocycles. The number of nitrogens with one attached hydrogen (secondary N) is 1. The first-order valence-corrected chi connectivity index (χ1v) is 6.45. The van der Waals surface area contributed by atoms with Crippen molar-refractivity contribution in [2.45, 2.75) is 26.9 Å². The number of hydrogen-bond acceptors (Lipinski definition) is 4. The monoisotopic (exact) mass is 253 g/mol. The van der Waals surface area contributed by atoms with E-state index in [1.807, 2.05) is 0 Å². The van der Waals surface area contributed by atoms with E-state index in [2.05, 4.69) is 9.46 Å². The second kappa shape index (κ2) is 5.60. The summed E-state index contributed by atoms with van der Waals surface area (Å²) in [6, 6.07) is 0. The van der Waals surface area contributed by atoms with Gasteiger partial charge in [0, 0.05) is 13.7 Å². The molecule has 1 unspecified atom stereocenters. The molecule has 0 aromatic carbocycles. The molecule has 2 N–H and O–H groups in total. The van der Waals surface area contributed by atoms with Gasteiger partial charge in [0.15, 0.2) is 6.10 Å². The fourth-order valence-electron chi connectivity index (χ4n) is 1.10. The van der Waals surface area contributed by atoms with Crippen LogP contribution in [0.1, 0.15) is 20.8 Å². The van der Waals surface area contributed by atoms with E-state index in [1.165, 1.54) is 7.11 Å². The molecule has 6 nitrogen and oxygen atoms in total. The lowest BCUT2D eigenvalue weighted by atomic mass is 10.0. The van der Waals surface area contributed by atoms with E-state index in [-0.39, 0.29) is 17.7 Å². The molecule has 0 spiro atoms. The molecule has 16 heavy (non-hydrogen) atoms. The van der Waals surface area contributed by atoms with Gasteiger partial charge in [-0.2, -0.15) is 0 Å². The zero-order valence-electron chi connectivity index (χ0n) is 9.98. The van der Waals surface area contributed by atoms with Crippen molar-refractivity contribution in [2.24, 2.45) is 5.41 Å². The summed E-state index contributed by atoms with van der Waals surface area (Å²) in [7, 11) is -2.25. The molecule has 7 heteroatoms. The predicted molar refractivity (Wildman–Crippen MR) is 59.7 cm³/mol. The van der Waals surface area contributed by atoms with Gasteiger partial charge in [-0.15, -0.1) is 0 Å². The van der Waals surface area contributed by atoms with Crippen LogP contribution in [0.15, 0.2) is 0 Å². The van der Waals surface area contributed by atoms with Gasteiger partial charge in [0.2, 0.25) is 10.0 Å². The van der Waals surface area contributed by atoms with Crippen LogP contribution >= 0.6 is 0 Å². The Morgan fingerprint density at radius 2 is 1.94 bits per heavy atom. The molecule has 0 bridgehead atoms. The first kappa shape index (κ1) is 15.3. The highest BCUT2D eigenvalue weighted by Gasteiger charge is 2.24. The van der Waals surface area contributed by atoms with E-state index in [0.717, 1.165) is 0 Å². The molecule has 96 valence electrons. The lowest BCUT2D eigenvalue weighted by molar-refractivity contribution is -0.147. The highest BCUT2D eigenvalue weighted by atomic mass is 32.2. The Morgan fingerprint density at radius 1 is 1.44 bits per heavy atom. The van der Waals surface area contributed by atoms with Crippen LogP contribution in [0.5, 0.6) is 0 Å². The van der Waals surface area contributed by atoms with Gasteiger partial charge >= 0.3 is 5.97 Å². The maximum atomic E-state index is 11.5. The van der Waals surface area contributed by atoms with Crippen molar-refractivity contribution in [1.29, 1.82) is 0 Å². The van der Waals surface area contributed by atoms with Crippen molar-refractivity contribution in [1.82, 2.24) is 4.72 Å². The number of rotatable bonds is 6. The van der Waals surface area contributed by atoms with E-state index in [9.17, 15) is 13.2 Å². The number of carboxylic acids is 1. The van der Waals surface area contributed by atoms with Crippen LogP contribution in [0.3, 0.4) is 0 Å². The van der Waals surface area contributed by atoms with Gasteiger partial charge in [-0.25, -0.2) is 17.9 Å². The molecule has 0 saturated heterocycles. The number of hydrogen-bond donors (Lipinski definition) is 2. The SMILES string of the molecule is COC(CNS(=O)(=O)CC(C)(C)C)C(=O)O. The summed E-state index contributed by atoms with van der Waals surface area (Å²) in [5.74, 6) is -1.25. The van der Waals surface area contributed by atoms with Crippen LogP contribution in [0.4, 0.5) is 0 Å². The number of ether oxygens (including phenoxy) is 1. The highest BCUT2D eigenvalue weighted by molar-refractivity contribution is 7.89. The summed E-state index contributed by atoms with van der Waals surface area (Å²) >= 11 is 0. The van der Waals surface area contributed by atoms with Gasteiger partial charge in [0.05, 0.1) is 5.75 Å². The molecular weight excluding hydrogens is 234 g/mol. The maximum absolute atomic E-state index is 11.5. The van der Waals surface area contributed by atoms with Crippen molar-refractivity contribution in [3.05, 3.63) is 0 Å². The first-order chi connectivity index (χ1) is 7.07. The Hall–Kier alpha value is -0.660. The average molecular weight is 253 g/mol. The Labute approximate surface area is 96.0 Å². The van der Waals surface area contributed by atoms with E-state index in [0.29, 0.717) is 0 Å². The fraction of sp³-hybridized carbons (Fsp3) is 0.889. The standard InChI is InChI=1S/C9H19NO5S/c1-9(2,3)6-16(13,14)10-5-7(15-4)8(11)12/h7,10H,5-6H2,1-4H3,(H,11,12). The van der Waals surface area contributed by atoms with Crippen molar-refractivity contribution in [3.8, 4) is 0 Å². The minimum absolute atomic E-state index is 0.0595. The van der Waals surface area contributed by atoms with E-state index >= 15 is 0 Å². The summed E-state index contributed by atoms with van der Waals surface area (Å²) in [6.07, 6.45) is -1.16. The highest BCUT2D eigenvalue weighted by Crippen LogP contribution is 2.15. The Balaban J connectivity index is 4.34. The number of methoxy groups -OCH3 is 1. The molecule has 0 aliphatic carbocycles. The fourth-order valence-corrected chi connectivity index (χ4v) is 2.74. The van der Waals surface area contributed by atoms with Crippen LogP contribution in [0, 0.1) is 5.41 Å². The number of carbonyl (C=O) groups is 1. The topological polar surface area (TPSA) is 92.7 Å². The predicted octanol–water partition coefficient (Wildman–Crippen LogP) is 0.0515. The largest absolute Gasteiger partial charge is 0.479 e. The molecule has 0 aromatic rings. The molecule has 0 fully saturated rings. The van der Waals surface area contributed by atoms with Gasteiger partial charge in [-0.3, -0.25) is 0 Å². The van der Waals surface area contributed by atoms with E-state index in [1.54, 1.807) is 20.8 Å². The average Bonchev–Trinajstić information content (AvgIpc) is 1.99. The smallest absolute Gasteiger partial charge is 0.334 e. The Morgan fingerprint density at radius 3 is 2.25 bits per heavy atom.